The number of carbonyl (C=O) groups is 2. The molecule has 0 bridgehead atoms. The highest BCUT2D eigenvalue weighted by atomic mass is 16.5. The van der Waals surface area contributed by atoms with Crippen LogP contribution in [0.1, 0.15) is 51.9 Å². The van der Waals surface area contributed by atoms with Gasteiger partial charge in [-0.2, -0.15) is 0 Å². The molecule has 2 saturated heterocycles. The number of carbonyl (C=O) groups excluding carboxylic acids is 2. The molecule has 118 valence electrons. The number of ether oxygens (including phenoxy) is 1. The van der Waals surface area contributed by atoms with Crippen LogP contribution >= 0.6 is 0 Å². The Labute approximate surface area is 126 Å². The van der Waals surface area contributed by atoms with Gasteiger partial charge in [-0.1, -0.05) is 19.8 Å². The highest BCUT2D eigenvalue weighted by molar-refractivity contribution is 6.05. The van der Waals surface area contributed by atoms with Crippen LogP contribution in [0.15, 0.2) is 0 Å². The molecule has 3 rings (SSSR count). The van der Waals surface area contributed by atoms with E-state index in [1.165, 1.54) is 0 Å². The number of nitrogens with one attached hydrogen (secondary N) is 1. The Bertz CT molecular complexity index is 412. The zero-order valence-corrected chi connectivity index (χ0v) is 12.9. The van der Waals surface area contributed by atoms with E-state index in [0.717, 1.165) is 58.3 Å². The van der Waals surface area contributed by atoms with E-state index >= 15 is 0 Å². The van der Waals surface area contributed by atoms with Crippen molar-refractivity contribution in [3.05, 3.63) is 0 Å². The van der Waals surface area contributed by atoms with Gasteiger partial charge >= 0.3 is 0 Å². The van der Waals surface area contributed by atoms with Crippen LogP contribution in [-0.4, -0.2) is 48.6 Å². The molecule has 5 heteroatoms. The fourth-order valence-electron chi connectivity index (χ4n) is 3.77. The molecule has 1 unspecified atom stereocenters. The summed E-state index contributed by atoms with van der Waals surface area (Å²) in [6.45, 7) is 4.62. The molecule has 1 atom stereocenters. The van der Waals surface area contributed by atoms with E-state index in [1.807, 2.05) is 0 Å². The van der Waals surface area contributed by atoms with Crippen molar-refractivity contribution < 1.29 is 14.3 Å². The maximum absolute atomic E-state index is 12.5. The maximum Gasteiger partial charge on any atom is 0.247 e. The van der Waals surface area contributed by atoms with Crippen molar-refractivity contribution in [2.45, 2.75) is 64.0 Å². The molecule has 1 N–H and O–H groups in total. The van der Waals surface area contributed by atoms with Gasteiger partial charge < -0.3 is 10.1 Å². The van der Waals surface area contributed by atoms with Crippen molar-refractivity contribution in [2.24, 2.45) is 5.41 Å². The Morgan fingerprint density at radius 1 is 1.24 bits per heavy atom. The van der Waals surface area contributed by atoms with Gasteiger partial charge in [0.15, 0.2) is 0 Å². The second-order valence-electron chi connectivity index (χ2n) is 7.10. The second kappa shape index (κ2) is 6.05. The van der Waals surface area contributed by atoms with Crippen molar-refractivity contribution in [1.29, 1.82) is 0 Å². The van der Waals surface area contributed by atoms with Crippen molar-refractivity contribution in [2.75, 3.05) is 19.8 Å². The lowest BCUT2D eigenvalue weighted by atomic mass is 9.82. The zero-order chi connectivity index (χ0) is 14.9. The standard InChI is InChI=1S/C16H26N2O3/c1-16(6-8-21-9-7-16)11-17-13-10-14(19)18(15(13)20)12-4-2-3-5-12/h12-13,17H,2-11H2,1H3. The number of amides is 2. The highest BCUT2D eigenvalue weighted by Crippen LogP contribution is 2.31. The van der Waals surface area contributed by atoms with Crippen LogP contribution < -0.4 is 5.32 Å². The van der Waals surface area contributed by atoms with Gasteiger partial charge in [0.2, 0.25) is 11.8 Å². The van der Waals surface area contributed by atoms with Crippen molar-refractivity contribution >= 4 is 11.8 Å². The average Bonchev–Trinajstić information content (AvgIpc) is 3.06. The first kappa shape index (κ1) is 15.0. The molecule has 21 heavy (non-hydrogen) atoms. The molecular weight excluding hydrogens is 268 g/mol. The third-order valence-electron chi connectivity index (χ3n) is 5.35. The molecular formula is C16H26N2O3. The summed E-state index contributed by atoms with van der Waals surface area (Å²) >= 11 is 0. The van der Waals surface area contributed by atoms with Gasteiger partial charge in [0, 0.05) is 25.8 Å². The SMILES string of the molecule is CC1(CNC2CC(=O)N(C3CCCC3)C2=O)CCOCC1. The summed E-state index contributed by atoms with van der Waals surface area (Å²) in [6, 6.07) is -0.145. The van der Waals surface area contributed by atoms with E-state index in [2.05, 4.69) is 12.2 Å². The molecule has 2 heterocycles. The van der Waals surface area contributed by atoms with Crippen LogP contribution in [-0.2, 0) is 14.3 Å². The van der Waals surface area contributed by atoms with Gasteiger partial charge in [0.25, 0.3) is 0 Å². The minimum absolute atomic E-state index is 0.00237. The Hall–Kier alpha value is -0.940. The number of hydrogen-bond donors (Lipinski definition) is 1. The average molecular weight is 294 g/mol. The predicted molar refractivity (Wildman–Crippen MR) is 78.7 cm³/mol. The van der Waals surface area contributed by atoms with Crippen LogP contribution in [0.4, 0.5) is 0 Å². The molecule has 2 aliphatic heterocycles. The first-order valence-corrected chi connectivity index (χ1v) is 8.26. The molecule has 5 nitrogen and oxygen atoms in total. The first-order chi connectivity index (χ1) is 10.1. The molecule has 2 amide bonds. The smallest absolute Gasteiger partial charge is 0.247 e. The molecule has 0 aromatic heterocycles. The molecule has 3 aliphatic rings. The van der Waals surface area contributed by atoms with Crippen LogP contribution in [0.25, 0.3) is 0 Å². The van der Waals surface area contributed by atoms with Gasteiger partial charge in [0.1, 0.15) is 0 Å². The summed E-state index contributed by atoms with van der Waals surface area (Å²) in [6.07, 6.45) is 6.61. The summed E-state index contributed by atoms with van der Waals surface area (Å²) in [5.41, 5.74) is 0.183. The quantitative estimate of drug-likeness (QED) is 0.798. The third kappa shape index (κ3) is 3.14. The molecule has 1 aliphatic carbocycles. The van der Waals surface area contributed by atoms with Gasteiger partial charge in [-0.15, -0.1) is 0 Å². The van der Waals surface area contributed by atoms with Crippen LogP contribution in [0.5, 0.6) is 0 Å². The van der Waals surface area contributed by atoms with Crippen molar-refractivity contribution in [3.8, 4) is 0 Å². The monoisotopic (exact) mass is 294 g/mol. The van der Waals surface area contributed by atoms with E-state index in [9.17, 15) is 9.59 Å². The van der Waals surface area contributed by atoms with E-state index in [1.54, 1.807) is 4.90 Å². The lowest BCUT2D eigenvalue weighted by Gasteiger charge is -2.34. The predicted octanol–water partition coefficient (Wildman–Crippen LogP) is 1.46. The fourth-order valence-corrected chi connectivity index (χ4v) is 3.77. The number of likely N-dealkylation sites (tertiary alicyclic amines) is 1. The van der Waals surface area contributed by atoms with Crippen molar-refractivity contribution in [3.63, 3.8) is 0 Å². The normalized spacial score (nSPS) is 30.3. The Kier molecular flexibility index (Phi) is 4.31. The molecule has 0 aromatic rings. The number of rotatable bonds is 4. The Morgan fingerprint density at radius 2 is 1.90 bits per heavy atom. The molecule has 0 radical (unpaired) electrons. The van der Waals surface area contributed by atoms with E-state index in [0.29, 0.717) is 6.42 Å². The number of imide groups is 1. The Balaban J connectivity index is 1.56. The molecule has 0 aromatic carbocycles. The summed E-state index contributed by atoms with van der Waals surface area (Å²) in [5, 5.41) is 3.36. The lowest BCUT2D eigenvalue weighted by molar-refractivity contribution is -0.141. The van der Waals surface area contributed by atoms with Crippen LogP contribution in [0.3, 0.4) is 0 Å². The third-order valence-corrected chi connectivity index (χ3v) is 5.35. The Morgan fingerprint density at radius 3 is 2.57 bits per heavy atom. The van der Waals surface area contributed by atoms with E-state index in [4.69, 9.17) is 4.74 Å². The van der Waals surface area contributed by atoms with E-state index < -0.39 is 0 Å². The van der Waals surface area contributed by atoms with Gasteiger partial charge in [-0.25, -0.2) is 0 Å². The molecule has 1 saturated carbocycles. The second-order valence-corrected chi connectivity index (χ2v) is 7.10. The van der Waals surface area contributed by atoms with Gasteiger partial charge in [0.05, 0.1) is 12.5 Å². The minimum Gasteiger partial charge on any atom is -0.381 e. The molecule has 3 fully saturated rings. The largest absolute Gasteiger partial charge is 0.381 e. The van der Waals surface area contributed by atoms with Crippen molar-refractivity contribution in [1.82, 2.24) is 10.2 Å². The fraction of sp³-hybridized carbons (Fsp3) is 0.875. The van der Waals surface area contributed by atoms with E-state index in [-0.39, 0.29) is 29.3 Å². The zero-order valence-electron chi connectivity index (χ0n) is 12.9. The van der Waals surface area contributed by atoms with Gasteiger partial charge in [-0.05, 0) is 31.1 Å². The number of hydrogen-bond acceptors (Lipinski definition) is 4. The summed E-state index contributed by atoms with van der Waals surface area (Å²) < 4.78 is 5.40. The summed E-state index contributed by atoms with van der Waals surface area (Å²) in [5.74, 6) is 0.0177. The number of nitrogens with zero attached hydrogens (tertiary/aromatic N) is 1. The summed E-state index contributed by atoms with van der Waals surface area (Å²) in [7, 11) is 0. The molecule has 0 spiro atoms. The van der Waals surface area contributed by atoms with Gasteiger partial charge in [-0.3, -0.25) is 14.5 Å². The van der Waals surface area contributed by atoms with Crippen LogP contribution in [0, 0.1) is 5.41 Å². The topological polar surface area (TPSA) is 58.6 Å². The van der Waals surface area contributed by atoms with Crippen LogP contribution in [0.2, 0.25) is 0 Å². The minimum atomic E-state index is -0.308. The highest BCUT2D eigenvalue weighted by Gasteiger charge is 2.43. The summed E-state index contributed by atoms with van der Waals surface area (Å²) in [4.78, 5) is 26.2. The first-order valence-electron chi connectivity index (χ1n) is 8.26. The maximum atomic E-state index is 12.5. The lowest BCUT2D eigenvalue weighted by Crippen LogP contribution is -2.46.